The Morgan fingerprint density at radius 2 is 2.00 bits per heavy atom. The molecular formula is C7H16N3O4P. The summed E-state index contributed by atoms with van der Waals surface area (Å²) in [6.07, 6.45) is -1.17. The van der Waals surface area contributed by atoms with Gasteiger partial charge in [-0.05, 0) is 19.4 Å². The van der Waals surface area contributed by atoms with Crippen LogP contribution in [0.25, 0.3) is 10.4 Å². The molecule has 0 aromatic heterocycles. The zero-order valence-electron chi connectivity index (χ0n) is 8.87. The molecule has 1 atom stereocenters. The number of nitrogens with zero attached hydrogens (tertiary/aromatic N) is 3. The maximum Gasteiger partial charge on any atom is 0.333 e. The summed E-state index contributed by atoms with van der Waals surface area (Å²) in [5.41, 5.74) is 8.04. The summed E-state index contributed by atoms with van der Waals surface area (Å²) in [5, 5.41) is 12.5. The molecule has 15 heavy (non-hydrogen) atoms. The third-order valence-electron chi connectivity index (χ3n) is 1.44. The van der Waals surface area contributed by atoms with Crippen molar-refractivity contribution in [1.29, 1.82) is 0 Å². The third-order valence-corrected chi connectivity index (χ3v) is 3.61. The van der Waals surface area contributed by atoms with Crippen LogP contribution in [-0.2, 0) is 13.6 Å². The summed E-state index contributed by atoms with van der Waals surface area (Å²) in [6.45, 7) is 3.72. The molecule has 0 aromatic carbocycles. The van der Waals surface area contributed by atoms with E-state index in [1.165, 1.54) is 0 Å². The van der Waals surface area contributed by atoms with E-state index in [0.717, 1.165) is 0 Å². The van der Waals surface area contributed by atoms with Crippen LogP contribution in [0.1, 0.15) is 13.8 Å². The van der Waals surface area contributed by atoms with Crippen molar-refractivity contribution in [2.75, 3.05) is 25.9 Å². The van der Waals surface area contributed by atoms with Gasteiger partial charge in [0, 0.05) is 4.91 Å². The summed E-state index contributed by atoms with van der Waals surface area (Å²) in [4.78, 5) is 2.49. The second-order valence-electron chi connectivity index (χ2n) is 2.70. The van der Waals surface area contributed by atoms with Gasteiger partial charge in [-0.2, -0.15) is 0 Å². The molecule has 1 unspecified atom stereocenters. The van der Waals surface area contributed by atoms with E-state index in [9.17, 15) is 9.67 Å². The fraction of sp³-hybridized carbons (Fsp3) is 1.00. The van der Waals surface area contributed by atoms with Crippen LogP contribution in [0.4, 0.5) is 0 Å². The van der Waals surface area contributed by atoms with E-state index in [2.05, 4.69) is 10.0 Å². The van der Waals surface area contributed by atoms with Crippen molar-refractivity contribution in [2.45, 2.75) is 20.0 Å². The van der Waals surface area contributed by atoms with Crippen LogP contribution in [-0.4, -0.2) is 37.1 Å². The molecule has 0 heterocycles. The highest BCUT2D eigenvalue weighted by molar-refractivity contribution is 7.53. The van der Waals surface area contributed by atoms with E-state index in [0.29, 0.717) is 0 Å². The first-order chi connectivity index (χ1) is 7.08. The summed E-state index contributed by atoms with van der Waals surface area (Å²) >= 11 is 0. The smallest absolute Gasteiger partial charge is 0.333 e. The standard InChI is InChI=1S/C7H16N3O4P/c1-3-13-15(12,14-4-2)6-7(11)5-9-10-8/h7,11H,3-6H2,1-2H3. The van der Waals surface area contributed by atoms with Gasteiger partial charge in [-0.15, -0.1) is 0 Å². The van der Waals surface area contributed by atoms with Crippen LogP contribution in [0.15, 0.2) is 5.11 Å². The molecule has 0 saturated heterocycles. The molecule has 0 amide bonds. The van der Waals surface area contributed by atoms with Crippen LogP contribution in [0.3, 0.4) is 0 Å². The Morgan fingerprint density at radius 3 is 2.40 bits per heavy atom. The van der Waals surface area contributed by atoms with Gasteiger partial charge in [-0.25, -0.2) is 0 Å². The number of hydrogen-bond donors (Lipinski definition) is 1. The normalized spacial score (nSPS) is 13.3. The molecule has 0 fully saturated rings. The predicted molar refractivity (Wildman–Crippen MR) is 55.7 cm³/mol. The van der Waals surface area contributed by atoms with Crippen LogP contribution >= 0.6 is 7.60 Å². The molecule has 0 rings (SSSR count). The summed E-state index contributed by atoms with van der Waals surface area (Å²) in [5.74, 6) is 0. The van der Waals surface area contributed by atoms with E-state index >= 15 is 0 Å². The number of aliphatic hydroxyl groups is 1. The SMILES string of the molecule is CCOP(=O)(CC(O)CN=[N+]=[N-])OCC. The van der Waals surface area contributed by atoms with Crippen LogP contribution in [0.5, 0.6) is 0 Å². The van der Waals surface area contributed by atoms with Crippen molar-refractivity contribution in [1.82, 2.24) is 0 Å². The molecular weight excluding hydrogens is 221 g/mol. The van der Waals surface area contributed by atoms with Gasteiger partial charge in [-0.1, -0.05) is 5.11 Å². The second kappa shape index (κ2) is 7.68. The summed E-state index contributed by atoms with van der Waals surface area (Å²) in [6, 6.07) is 0. The van der Waals surface area contributed by atoms with Crippen molar-refractivity contribution in [3.63, 3.8) is 0 Å². The summed E-state index contributed by atoms with van der Waals surface area (Å²) in [7, 11) is -3.25. The van der Waals surface area contributed by atoms with Gasteiger partial charge in [0.15, 0.2) is 0 Å². The minimum absolute atomic E-state index is 0.138. The number of aliphatic hydroxyl groups excluding tert-OH is 1. The van der Waals surface area contributed by atoms with Crippen LogP contribution in [0, 0.1) is 0 Å². The van der Waals surface area contributed by atoms with Gasteiger partial charge in [0.1, 0.15) is 0 Å². The second-order valence-corrected chi connectivity index (χ2v) is 4.80. The number of rotatable bonds is 8. The molecule has 0 spiro atoms. The fourth-order valence-electron chi connectivity index (χ4n) is 0.983. The highest BCUT2D eigenvalue weighted by Gasteiger charge is 2.27. The average Bonchev–Trinajstić information content (AvgIpc) is 2.15. The van der Waals surface area contributed by atoms with E-state index in [1.54, 1.807) is 13.8 Å². The molecule has 8 heteroatoms. The Labute approximate surface area is 88.5 Å². The first kappa shape index (κ1) is 14.4. The van der Waals surface area contributed by atoms with Crippen molar-refractivity contribution < 1.29 is 18.7 Å². The highest BCUT2D eigenvalue weighted by Crippen LogP contribution is 2.48. The lowest BCUT2D eigenvalue weighted by atomic mass is 10.4. The van der Waals surface area contributed by atoms with Crippen molar-refractivity contribution in [3.8, 4) is 0 Å². The summed E-state index contributed by atoms with van der Waals surface area (Å²) < 4.78 is 21.8. The molecule has 0 bridgehead atoms. The van der Waals surface area contributed by atoms with Gasteiger partial charge in [0.25, 0.3) is 0 Å². The Bertz CT molecular complexity index is 257. The molecule has 88 valence electrons. The lowest BCUT2D eigenvalue weighted by Gasteiger charge is -2.18. The van der Waals surface area contributed by atoms with E-state index < -0.39 is 13.7 Å². The third kappa shape index (κ3) is 6.49. The van der Waals surface area contributed by atoms with E-state index in [4.69, 9.17) is 14.6 Å². The lowest BCUT2D eigenvalue weighted by molar-refractivity contribution is 0.174. The quantitative estimate of drug-likeness (QED) is 0.301. The van der Waals surface area contributed by atoms with Crippen LogP contribution in [0.2, 0.25) is 0 Å². The molecule has 0 saturated carbocycles. The van der Waals surface area contributed by atoms with Gasteiger partial charge in [0.2, 0.25) is 0 Å². The highest BCUT2D eigenvalue weighted by atomic mass is 31.2. The monoisotopic (exact) mass is 237 g/mol. The Hall–Kier alpha value is -0.580. The van der Waals surface area contributed by atoms with E-state index in [1.807, 2.05) is 0 Å². The predicted octanol–water partition coefficient (Wildman–Crippen LogP) is 1.92. The van der Waals surface area contributed by atoms with Crippen LogP contribution < -0.4 is 0 Å². The Morgan fingerprint density at radius 1 is 1.47 bits per heavy atom. The molecule has 1 N–H and O–H groups in total. The molecule has 0 aliphatic heterocycles. The minimum atomic E-state index is -3.25. The molecule has 0 aliphatic rings. The van der Waals surface area contributed by atoms with Crippen molar-refractivity contribution in [2.24, 2.45) is 5.11 Å². The van der Waals surface area contributed by atoms with E-state index in [-0.39, 0.29) is 25.9 Å². The topological polar surface area (TPSA) is 105 Å². The molecule has 0 aliphatic carbocycles. The Balaban J connectivity index is 4.26. The molecule has 0 radical (unpaired) electrons. The maximum atomic E-state index is 11.8. The average molecular weight is 237 g/mol. The zero-order valence-corrected chi connectivity index (χ0v) is 9.76. The van der Waals surface area contributed by atoms with Gasteiger partial charge >= 0.3 is 7.60 Å². The number of azide groups is 1. The number of hydrogen-bond acceptors (Lipinski definition) is 5. The van der Waals surface area contributed by atoms with Gasteiger partial charge < -0.3 is 14.2 Å². The lowest BCUT2D eigenvalue weighted by Crippen LogP contribution is -2.18. The van der Waals surface area contributed by atoms with Gasteiger partial charge in [-0.3, -0.25) is 4.57 Å². The fourth-order valence-corrected chi connectivity index (χ4v) is 2.69. The molecule has 0 aromatic rings. The zero-order chi connectivity index (χ0) is 11.7. The largest absolute Gasteiger partial charge is 0.392 e. The molecule has 7 nitrogen and oxygen atoms in total. The first-order valence-electron chi connectivity index (χ1n) is 4.65. The van der Waals surface area contributed by atoms with Crippen molar-refractivity contribution in [3.05, 3.63) is 10.4 Å². The minimum Gasteiger partial charge on any atom is -0.392 e. The maximum absolute atomic E-state index is 11.8. The van der Waals surface area contributed by atoms with Gasteiger partial charge in [0.05, 0.1) is 32.0 Å². The first-order valence-corrected chi connectivity index (χ1v) is 6.37. The van der Waals surface area contributed by atoms with Crippen molar-refractivity contribution >= 4 is 7.60 Å². The Kier molecular flexibility index (Phi) is 7.38.